The number of amides is 3. The van der Waals surface area contributed by atoms with Crippen molar-refractivity contribution >= 4 is 19.8 Å². The molecule has 0 aromatic heterocycles. The fraction of sp³-hybridized carbons (Fsp3) is 0.556. The van der Waals surface area contributed by atoms with E-state index in [-0.39, 0.29) is 12.0 Å². The summed E-state index contributed by atoms with van der Waals surface area (Å²) in [4.78, 5) is 23.9. The predicted molar refractivity (Wildman–Crippen MR) is 94.4 cm³/mol. The molecule has 2 atom stereocenters. The molecule has 2 aliphatic heterocycles. The molecule has 3 amide bonds. The van der Waals surface area contributed by atoms with Gasteiger partial charge in [-0.1, -0.05) is 56.3 Å². The summed E-state index contributed by atoms with van der Waals surface area (Å²) < 4.78 is 5.80. The van der Waals surface area contributed by atoms with Crippen LogP contribution in [0, 0.1) is 0 Å². The van der Waals surface area contributed by atoms with Crippen LogP contribution in [-0.2, 0) is 9.53 Å². The molecule has 0 aliphatic carbocycles. The van der Waals surface area contributed by atoms with Gasteiger partial charge in [0.2, 0.25) is 0 Å². The highest BCUT2D eigenvalue weighted by molar-refractivity contribution is 6.23. The molecule has 0 saturated carbocycles. The van der Waals surface area contributed by atoms with Gasteiger partial charge in [-0.25, -0.2) is 4.79 Å². The van der Waals surface area contributed by atoms with Gasteiger partial charge in [0.1, 0.15) is 19.5 Å². The van der Waals surface area contributed by atoms with Crippen LogP contribution in [0.5, 0.6) is 0 Å². The van der Waals surface area contributed by atoms with Crippen LogP contribution in [0.3, 0.4) is 0 Å². The van der Waals surface area contributed by atoms with E-state index in [0.29, 0.717) is 11.9 Å². The topological polar surface area (TPSA) is 67.4 Å². The van der Waals surface area contributed by atoms with Crippen LogP contribution in [0.15, 0.2) is 36.0 Å². The van der Waals surface area contributed by atoms with Crippen molar-refractivity contribution in [1.29, 1.82) is 0 Å². The van der Waals surface area contributed by atoms with Crippen molar-refractivity contribution in [3.8, 4) is 0 Å². The second-order valence-electron chi connectivity index (χ2n) is 6.37. The molecule has 5 nitrogen and oxygen atoms in total. The van der Waals surface area contributed by atoms with Gasteiger partial charge in [-0.3, -0.25) is 10.1 Å². The third kappa shape index (κ3) is 5.01. The Morgan fingerprint density at radius 3 is 2.79 bits per heavy atom. The van der Waals surface area contributed by atoms with E-state index in [1.54, 1.807) is 30.6 Å². The van der Waals surface area contributed by atoms with Gasteiger partial charge < -0.3 is 10.1 Å². The molecular formula is C18H25BN2O3. The fourth-order valence-corrected chi connectivity index (χ4v) is 2.99. The third-order valence-electron chi connectivity index (χ3n) is 4.35. The highest BCUT2D eigenvalue weighted by Gasteiger charge is 2.45. The van der Waals surface area contributed by atoms with E-state index in [2.05, 4.69) is 17.6 Å². The molecule has 2 unspecified atom stereocenters. The Morgan fingerprint density at radius 2 is 2.08 bits per heavy atom. The van der Waals surface area contributed by atoms with Gasteiger partial charge in [0, 0.05) is 6.42 Å². The van der Waals surface area contributed by atoms with E-state index < -0.39 is 11.6 Å². The third-order valence-corrected chi connectivity index (χ3v) is 4.35. The summed E-state index contributed by atoms with van der Waals surface area (Å²) in [6.07, 6.45) is 15.3. The first-order chi connectivity index (χ1) is 11.6. The monoisotopic (exact) mass is 328 g/mol. The maximum absolute atomic E-state index is 12.3. The van der Waals surface area contributed by atoms with Crippen molar-refractivity contribution in [2.45, 2.75) is 63.5 Å². The lowest BCUT2D eigenvalue weighted by Gasteiger charge is -2.28. The lowest BCUT2D eigenvalue weighted by atomic mass is 9.86. The Morgan fingerprint density at radius 1 is 1.29 bits per heavy atom. The number of unbranched alkanes of at least 4 members (excludes halogenated alkanes) is 4. The van der Waals surface area contributed by atoms with Gasteiger partial charge in [-0.05, 0) is 18.9 Å². The minimum absolute atomic E-state index is 0.149. The van der Waals surface area contributed by atoms with Crippen molar-refractivity contribution in [3.63, 3.8) is 0 Å². The smallest absolute Gasteiger partial charge is 0.322 e. The van der Waals surface area contributed by atoms with Crippen LogP contribution in [0.25, 0.3) is 0 Å². The Labute approximate surface area is 145 Å². The summed E-state index contributed by atoms with van der Waals surface area (Å²) in [5, 5.41) is 5.03. The van der Waals surface area contributed by atoms with Crippen molar-refractivity contribution in [1.82, 2.24) is 10.6 Å². The summed E-state index contributed by atoms with van der Waals surface area (Å²) >= 11 is 0. The first kappa shape index (κ1) is 18.4. The maximum Gasteiger partial charge on any atom is 0.322 e. The summed E-state index contributed by atoms with van der Waals surface area (Å²) in [5.41, 5.74) is -0.615. The molecular weight excluding hydrogens is 303 g/mol. The van der Waals surface area contributed by atoms with Crippen LogP contribution in [0.4, 0.5) is 4.79 Å². The molecule has 128 valence electrons. The van der Waals surface area contributed by atoms with E-state index in [4.69, 9.17) is 12.6 Å². The number of carbonyl (C=O) groups excluding carboxylic acids is 2. The quantitative estimate of drug-likeness (QED) is 0.448. The average Bonchev–Trinajstić information content (AvgIpc) is 2.82. The number of allylic oxidation sites excluding steroid dienone is 4. The zero-order chi connectivity index (χ0) is 17.4. The standard InChI is InChI=1S/C18H25BN2O3/c1-2-3-4-5-6-9-15-13-18(16(22)20-17(23)21-18)11-10-14(19)8-7-12-24-15/h7-8,10-12,15H,2-6,9,13H2,1H3,(H2,20,21,22,23)/b11-10?,12-7+,14-8?. The van der Waals surface area contributed by atoms with Gasteiger partial charge in [0.25, 0.3) is 5.91 Å². The largest absolute Gasteiger partial charge is 0.498 e. The molecule has 2 rings (SSSR count). The zero-order valence-electron chi connectivity index (χ0n) is 14.2. The minimum atomic E-state index is -1.10. The molecule has 1 saturated heterocycles. The molecule has 2 heterocycles. The van der Waals surface area contributed by atoms with Crippen molar-refractivity contribution in [3.05, 3.63) is 36.0 Å². The Hall–Kier alpha value is -1.98. The number of hydrogen-bond acceptors (Lipinski definition) is 3. The van der Waals surface area contributed by atoms with Crippen LogP contribution >= 0.6 is 0 Å². The van der Waals surface area contributed by atoms with Crippen LogP contribution < -0.4 is 10.6 Å². The van der Waals surface area contributed by atoms with Gasteiger partial charge in [0.15, 0.2) is 0 Å². The molecule has 24 heavy (non-hydrogen) atoms. The van der Waals surface area contributed by atoms with Gasteiger partial charge in [0.05, 0.1) is 6.26 Å². The summed E-state index contributed by atoms with van der Waals surface area (Å²) in [6.45, 7) is 2.19. The number of carbonyl (C=O) groups is 2. The molecule has 2 radical (unpaired) electrons. The first-order valence-corrected chi connectivity index (χ1v) is 8.66. The average molecular weight is 328 g/mol. The molecule has 0 aromatic carbocycles. The van der Waals surface area contributed by atoms with Crippen molar-refractivity contribution < 1.29 is 14.3 Å². The number of urea groups is 1. The Bertz CT molecular complexity index is 556. The van der Waals surface area contributed by atoms with E-state index in [1.165, 1.54) is 19.3 Å². The van der Waals surface area contributed by atoms with E-state index >= 15 is 0 Å². The van der Waals surface area contributed by atoms with Gasteiger partial charge in [-0.2, -0.15) is 0 Å². The highest BCUT2D eigenvalue weighted by Crippen LogP contribution is 2.25. The number of ether oxygens (including phenoxy) is 1. The van der Waals surface area contributed by atoms with E-state index in [0.717, 1.165) is 19.3 Å². The summed E-state index contributed by atoms with van der Waals surface area (Å²) in [5.74, 6) is -0.360. The Balaban J connectivity index is 2.09. The lowest BCUT2D eigenvalue weighted by molar-refractivity contribution is -0.123. The minimum Gasteiger partial charge on any atom is -0.498 e. The predicted octanol–water partition coefficient (Wildman–Crippen LogP) is 2.84. The number of imide groups is 1. The molecule has 2 N–H and O–H groups in total. The second-order valence-corrected chi connectivity index (χ2v) is 6.37. The molecule has 1 fully saturated rings. The van der Waals surface area contributed by atoms with Gasteiger partial charge in [-0.15, -0.1) is 0 Å². The number of hydrogen-bond donors (Lipinski definition) is 2. The molecule has 0 aromatic rings. The number of nitrogens with one attached hydrogen (secondary N) is 2. The highest BCUT2D eigenvalue weighted by atomic mass is 16.5. The van der Waals surface area contributed by atoms with Crippen LogP contribution in [0.1, 0.15) is 51.9 Å². The Kier molecular flexibility index (Phi) is 6.70. The van der Waals surface area contributed by atoms with Crippen LogP contribution in [0.2, 0.25) is 0 Å². The second kappa shape index (κ2) is 8.76. The van der Waals surface area contributed by atoms with Gasteiger partial charge >= 0.3 is 6.03 Å². The molecule has 0 bridgehead atoms. The van der Waals surface area contributed by atoms with Crippen LogP contribution in [-0.4, -0.2) is 31.4 Å². The maximum atomic E-state index is 12.3. The lowest BCUT2D eigenvalue weighted by Crippen LogP contribution is -2.47. The fourth-order valence-electron chi connectivity index (χ4n) is 2.99. The van der Waals surface area contributed by atoms with Crippen molar-refractivity contribution in [2.75, 3.05) is 0 Å². The SMILES string of the molecule is [B]C1=C/C=C/OC(CCCCCCC)CC2(C=C1)NC(=O)NC2=O. The normalized spacial score (nSPS) is 28.0. The summed E-state index contributed by atoms with van der Waals surface area (Å²) in [6, 6.07) is -0.485. The molecule has 6 heteroatoms. The number of rotatable bonds is 6. The first-order valence-electron chi connectivity index (χ1n) is 8.66. The van der Waals surface area contributed by atoms with Crippen molar-refractivity contribution in [2.24, 2.45) is 0 Å². The molecule has 1 spiro atoms. The zero-order valence-corrected chi connectivity index (χ0v) is 14.2. The van der Waals surface area contributed by atoms with E-state index in [1.807, 2.05) is 0 Å². The van der Waals surface area contributed by atoms with E-state index in [9.17, 15) is 9.59 Å². The summed E-state index contributed by atoms with van der Waals surface area (Å²) in [7, 11) is 5.84. The molecule has 2 aliphatic rings.